The van der Waals surface area contributed by atoms with Crippen LogP contribution in [-0.2, 0) is 16.1 Å². The second-order valence-corrected chi connectivity index (χ2v) is 7.70. The fraction of sp³-hybridized carbons (Fsp3) is 0.294. The second-order valence-electron chi connectivity index (χ2n) is 5.46. The first-order valence-electron chi connectivity index (χ1n) is 7.36. The highest BCUT2D eigenvalue weighted by Gasteiger charge is 2.20. The Bertz CT molecular complexity index is 716. The standard InChI is InChI=1S/C17H18Cl2N2O2S/c1-11(22)20-15(12-3-5-13(18)6-4-12)9-17(23)21(2)10-14-7-8-16(19)24-14/h3-8,15H,9-10H2,1-2H3,(H,20,22). The molecular formula is C17H18Cl2N2O2S. The molecule has 1 heterocycles. The first kappa shape index (κ1) is 18.8. The lowest BCUT2D eigenvalue weighted by molar-refractivity contribution is -0.131. The molecule has 4 nitrogen and oxygen atoms in total. The van der Waals surface area contributed by atoms with Gasteiger partial charge in [0, 0.05) is 23.9 Å². The maximum absolute atomic E-state index is 12.5. The molecule has 0 aliphatic carbocycles. The summed E-state index contributed by atoms with van der Waals surface area (Å²) < 4.78 is 0.697. The van der Waals surface area contributed by atoms with Crippen LogP contribution in [-0.4, -0.2) is 23.8 Å². The van der Waals surface area contributed by atoms with Crippen LogP contribution in [0.1, 0.15) is 29.8 Å². The molecule has 24 heavy (non-hydrogen) atoms. The number of hydrogen-bond donors (Lipinski definition) is 1. The summed E-state index contributed by atoms with van der Waals surface area (Å²) in [6.45, 7) is 1.92. The lowest BCUT2D eigenvalue weighted by atomic mass is 10.0. The van der Waals surface area contributed by atoms with E-state index in [2.05, 4.69) is 5.32 Å². The number of amides is 2. The van der Waals surface area contributed by atoms with Gasteiger partial charge in [0.15, 0.2) is 0 Å². The number of carbonyl (C=O) groups is 2. The van der Waals surface area contributed by atoms with E-state index in [1.165, 1.54) is 18.3 Å². The minimum Gasteiger partial charge on any atom is -0.349 e. The van der Waals surface area contributed by atoms with Gasteiger partial charge < -0.3 is 10.2 Å². The summed E-state index contributed by atoms with van der Waals surface area (Å²) in [4.78, 5) is 26.6. The molecule has 0 fully saturated rings. The molecule has 0 saturated heterocycles. The number of rotatable bonds is 6. The SMILES string of the molecule is CC(=O)NC(CC(=O)N(C)Cc1ccc(Cl)s1)c1ccc(Cl)cc1. The maximum atomic E-state index is 12.5. The maximum Gasteiger partial charge on any atom is 0.225 e. The Labute approximate surface area is 155 Å². The number of hydrogen-bond acceptors (Lipinski definition) is 3. The third kappa shape index (κ3) is 5.51. The van der Waals surface area contributed by atoms with Gasteiger partial charge in [0.2, 0.25) is 11.8 Å². The average Bonchev–Trinajstić information content (AvgIpc) is 2.92. The van der Waals surface area contributed by atoms with Crippen molar-refractivity contribution in [1.82, 2.24) is 10.2 Å². The van der Waals surface area contributed by atoms with Gasteiger partial charge in [-0.15, -0.1) is 11.3 Å². The monoisotopic (exact) mass is 384 g/mol. The Balaban J connectivity index is 2.05. The number of carbonyl (C=O) groups excluding carboxylic acids is 2. The average molecular weight is 385 g/mol. The summed E-state index contributed by atoms with van der Waals surface area (Å²) >= 11 is 13.3. The van der Waals surface area contributed by atoms with Crippen LogP contribution < -0.4 is 5.32 Å². The van der Waals surface area contributed by atoms with E-state index in [4.69, 9.17) is 23.2 Å². The normalized spacial score (nSPS) is 11.8. The van der Waals surface area contributed by atoms with Crippen LogP contribution in [0.4, 0.5) is 0 Å². The van der Waals surface area contributed by atoms with E-state index in [1.807, 2.05) is 24.3 Å². The zero-order valence-electron chi connectivity index (χ0n) is 13.4. The predicted molar refractivity (Wildman–Crippen MR) is 98.4 cm³/mol. The first-order valence-corrected chi connectivity index (χ1v) is 8.93. The van der Waals surface area contributed by atoms with Crippen molar-refractivity contribution in [3.8, 4) is 0 Å². The third-order valence-corrected chi connectivity index (χ3v) is 4.94. The van der Waals surface area contributed by atoms with Crippen LogP contribution in [0.25, 0.3) is 0 Å². The van der Waals surface area contributed by atoms with Crippen LogP contribution in [0.2, 0.25) is 9.36 Å². The molecule has 2 rings (SSSR count). The molecule has 0 aliphatic heterocycles. The fourth-order valence-electron chi connectivity index (χ4n) is 2.28. The van der Waals surface area contributed by atoms with Crippen LogP contribution in [0, 0.1) is 0 Å². The van der Waals surface area contributed by atoms with Gasteiger partial charge >= 0.3 is 0 Å². The third-order valence-electron chi connectivity index (χ3n) is 3.48. The van der Waals surface area contributed by atoms with E-state index in [-0.39, 0.29) is 24.3 Å². The summed E-state index contributed by atoms with van der Waals surface area (Å²) in [5.41, 5.74) is 0.843. The molecule has 128 valence electrons. The number of thiophene rings is 1. The van der Waals surface area contributed by atoms with Crippen LogP contribution in [0.3, 0.4) is 0 Å². The first-order chi connectivity index (χ1) is 11.3. The van der Waals surface area contributed by atoms with Crippen LogP contribution in [0.5, 0.6) is 0 Å². The van der Waals surface area contributed by atoms with Crippen molar-refractivity contribution in [2.45, 2.75) is 25.9 Å². The van der Waals surface area contributed by atoms with Crippen LogP contribution in [0.15, 0.2) is 36.4 Å². The van der Waals surface area contributed by atoms with Gasteiger partial charge in [-0.25, -0.2) is 0 Å². The highest BCUT2D eigenvalue weighted by molar-refractivity contribution is 7.16. The van der Waals surface area contributed by atoms with E-state index < -0.39 is 0 Å². The van der Waals surface area contributed by atoms with Crippen LogP contribution >= 0.6 is 34.5 Å². The molecule has 2 aromatic rings. The molecule has 1 atom stereocenters. The number of nitrogens with one attached hydrogen (secondary N) is 1. The summed E-state index contributed by atoms with van der Waals surface area (Å²) in [7, 11) is 1.74. The highest BCUT2D eigenvalue weighted by Crippen LogP contribution is 2.24. The Morgan fingerprint density at radius 3 is 2.38 bits per heavy atom. The molecule has 1 aromatic heterocycles. The second kappa shape index (κ2) is 8.51. The van der Waals surface area contributed by atoms with Crippen molar-refractivity contribution in [2.24, 2.45) is 0 Å². The summed E-state index contributed by atoms with van der Waals surface area (Å²) in [5, 5.41) is 3.43. The van der Waals surface area contributed by atoms with E-state index in [9.17, 15) is 9.59 Å². The van der Waals surface area contributed by atoms with Crippen molar-refractivity contribution in [2.75, 3.05) is 7.05 Å². The number of halogens is 2. The van der Waals surface area contributed by atoms with Crippen molar-refractivity contribution in [3.05, 3.63) is 56.2 Å². The summed E-state index contributed by atoms with van der Waals surface area (Å²) in [6, 6.07) is 10.4. The molecule has 1 unspecified atom stereocenters. The summed E-state index contributed by atoms with van der Waals surface area (Å²) in [6.07, 6.45) is 0.177. The quantitative estimate of drug-likeness (QED) is 0.807. The highest BCUT2D eigenvalue weighted by atomic mass is 35.5. The molecule has 0 radical (unpaired) electrons. The van der Waals surface area contributed by atoms with E-state index >= 15 is 0 Å². The van der Waals surface area contributed by atoms with Crippen molar-refractivity contribution >= 4 is 46.4 Å². The van der Waals surface area contributed by atoms with E-state index in [0.717, 1.165) is 10.4 Å². The zero-order valence-corrected chi connectivity index (χ0v) is 15.7. The molecule has 1 N–H and O–H groups in total. The topological polar surface area (TPSA) is 49.4 Å². The summed E-state index contributed by atoms with van der Waals surface area (Å²) in [5.74, 6) is -0.247. The minimum absolute atomic E-state index is 0.0618. The van der Waals surface area contributed by atoms with E-state index in [0.29, 0.717) is 15.9 Å². The number of nitrogens with zero attached hydrogens (tertiary/aromatic N) is 1. The lowest BCUT2D eigenvalue weighted by Crippen LogP contribution is -2.33. The largest absolute Gasteiger partial charge is 0.349 e. The Morgan fingerprint density at radius 2 is 1.83 bits per heavy atom. The zero-order chi connectivity index (χ0) is 17.7. The Kier molecular flexibility index (Phi) is 6.66. The molecule has 1 aromatic carbocycles. The van der Waals surface area contributed by atoms with Crippen molar-refractivity contribution < 1.29 is 9.59 Å². The lowest BCUT2D eigenvalue weighted by Gasteiger charge is -2.22. The molecule has 0 saturated carbocycles. The van der Waals surface area contributed by atoms with Crippen molar-refractivity contribution in [3.63, 3.8) is 0 Å². The molecule has 0 spiro atoms. The molecule has 7 heteroatoms. The smallest absolute Gasteiger partial charge is 0.225 e. The Hall–Kier alpha value is -1.56. The minimum atomic E-state index is -0.387. The number of benzene rings is 1. The predicted octanol–water partition coefficient (Wildman–Crippen LogP) is 4.28. The van der Waals surface area contributed by atoms with E-state index in [1.54, 1.807) is 24.1 Å². The molecular weight excluding hydrogens is 367 g/mol. The van der Waals surface area contributed by atoms with Gasteiger partial charge in [0.05, 0.1) is 23.3 Å². The van der Waals surface area contributed by atoms with Crippen molar-refractivity contribution in [1.29, 1.82) is 0 Å². The van der Waals surface area contributed by atoms with Gasteiger partial charge in [0.25, 0.3) is 0 Å². The molecule has 2 amide bonds. The van der Waals surface area contributed by atoms with Gasteiger partial charge in [-0.1, -0.05) is 35.3 Å². The molecule has 0 bridgehead atoms. The fourth-order valence-corrected chi connectivity index (χ4v) is 3.55. The molecule has 0 aliphatic rings. The van der Waals surface area contributed by atoms with Gasteiger partial charge in [-0.3, -0.25) is 9.59 Å². The van der Waals surface area contributed by atoms with Gasteiger partial charge in [-0.2, -0.15) is 0 Å². The van der Waals surface area contributed by atoms with Gasteiger partial charge in [-0.05, 0) is 29.8 Å². The van der Waals surface area contributed by atoms with Gasteiger partial charge in [0.1, 0.15) is 0 Å². The Morgan fingerprint density at radius 1 is 1.17 bits per heavy atom.